The fourth-order valence-electron chi connectivity index (χ4n) is 3.32. The lowest BCUT2D eigenvalue weighted by Crippen LogP contribution is -2.39. The lowest BCUT2D eigenvalue weighted by atomic mass is 10.1. The number of carbonyl (C=O) groups is 4. The molecular weight excluding hydrogens is 482 g/mol. The maximum atomic E-state index is 13.1. The Hall–Kier alpha value is -4.19. The molecule has 2 rings (SSSR count). The van der Waals surface area contributed by atoms with Crippen molar-refractivity contribution in [2.75, 3.05) is 31.4 Å². The molecule has 3 amide bonds. The molecule has 12 heteroatoms. The van der Waals surface area contributed by atoms with Crippen molar-refractivity contribution in [3.63, 3.8) is 0 Å². The van der Waals surface area contributed by atoms with Crippen LogP contribution in [0.4, 0.5) is 10.5 Å². The van der Waals surface area contributed by atoms with E-state index in [1.54, 1.807) is 26.0 Å². The van der Waals surface area contributed by atoms with E-state index < -0.39 is 25.5 Å². The number of nitrogens with one attached hydrogen (secondary N) is 4. The molecule has 200 valence electrons. The summed E-state index contributed by atoms with van der Waals surface area (Å²) >= 11 is 0. The number of aromatic amines is 1. The first-order valence-corrected chi connectivity index (χ1v) is 11.8. The smallest absolute Gasteiger partial charge is 0.423 e. The predicted molar refractivity (Wildman–Crippen MR) is 136 cm³/mol. The molecular formula is C25H33N5O7. The zero-order valence-electron chi connectivity index (χ0n) is 21.4. The number of rotatable bonds is 11. The van der Waals surface area contributed by atoms with E-state index in [0.717, 1.165) is 17.7 Å². The molecule has 37 heavy (non-hydrogen) atoms. The number of benzene rings is 1. The number of nitrogens with zero attached hydrogens (tertiary/aromatic N) is 1. The molecule has 0 unspecified atom stereocenters. The van der Waals surface area contributed by atoms with Crippen molar-refractivity contribution in [1.82, 2.24) is 15.6 Å². The Morgan fingerprint density at radius 2 is 1.68 bits per heavy atom. The van der Waals surface area contributed by atoms with Crippen LogP contribution in [0.5, 0.6) is 0 Å². The van der Waals surface area contributed by atoms with Gasteiger partial charge in [0.2, 0.25) is 6.79 Å². The second-order valence-electron chi connectivity index (χ2n) is 8.10. The quantitative estimate of drug-likeness (QED) is 0.132. The summed E-state index contributed by atoms with van der Waals surface area (Å²) < 4.78 is 9.65. The van der Waals surface area contributed by atoms with Gasteiger partial charge in [0.1, 0.15) is 6.61 Å². The Morgan fingerprint density at radius 3 is 2.30 bits per heavy atom. The molecule has 0 bridgehead atoms. The van der Waals surface area contributed by atoms with Crippen molar-refractivity contribution in [1.29, 1.82) is 5.41 Å². The summed E-state index contributed by atoms with van der Waals surface area (Å²) in [6.07, 6.45) is 1.86. The van der Waals surface area contributed by atoms with Crippen molar-refractivity contribution in [2.24, 2.45) is 0 Å². The van der Waals surface area contributed by atoms with Gasteiger partial charge in [-0.25, -0.2) is 14.5 Å². The summed E-state index contributed by atoms with van der Waals surface area (Å²) in [7, 11) is 0. The Kier molecular flexibility index (Phi) is 10.8. The van der Waals surface area contributed by atoms with E-state index in [0.29, 0.717) is 29.8 Å². The van der Waals surface area contributed by atoms with Gasteiger partial charge in [-0.1, -0.05) is 19.9 Å². The number of hydrogen-bond donors (Lipinski definition) is 5. The van der Waals surface area contributed by atoms with Crippen LogP contribution in [-0.2, 0) is 14.3 Å². The molecule has 0 radical (unpaired) electrons. The van der Waals surface area contributed by atoms with Crippen LogP contribution in [0, 0.1) is 19.3 Å². The number of hydrogen-bond acceptors (Lipinski definition) is 8. The molecule has 0 spiro atoms. The Labute approximate surface area is 214 Å². The minimum Gasteiger partial charge on any atom is -0.426 e. The molecule has 1 aromatic carbocycles. The number of H-pyrrole nitrogens is 1. The van der Waals surface area contributed by atoms with Crippen molar-refractivity contribution >= 4 is 35.4 Å². The van der Waals surface area contributed by atoms with Crippen molar-refractivity contribution in [3.05, 3.63) is 52.3 Å². The Bertz CT molecular complexity index is 1160. The third-order valence-electron chi connectivity index (χ3n) is 5.34. The Morgan fingerprint density at radius 1 is 1.03 bits per heavy atom. The largest absolute Gasteiger partial charge is 0.426 e. The standard InChI is InChI=1S/C25H33N5O7/c1-5-9-27-23(33)17-8-7-15(3)19(11-17)30(25(35)37-14-36-20(32)13-31)22(26)21-16(4)18(12-29-21)24(34)28-10-6-2/h7-8,11-12,26,29,31H,5-6,9-10,13-14H2,1-4H3,(H,27,33)(H,28,34). The molecule has 12 nitrogen and oxygen atoms in total. The van der Waals surface area contributed by atoms with Crippen LogP contribution in [-0.4, -0.2) is 66.3 Å². The highest BCUT2D eigenvalue weighted by molar-refractivity contribution is 6.21. The Balaban J connectivity index is 2.48. The zero-order valence-corrected chi connectivity index (χ0v) is 21.4. The van der Waals surface area contributed by atoms with E-state index in [2.05, 4.69) is 20.4 Å². The highest BCUT2D eigenvalue weighted by Crippen LogP contribution is 2.26. The first kappa shape index (κ1) is 29.0. The first-order valence-electron chi connectivity index (χ1n) is 11.8. The highest BCUT2D eigenvalue weighted by Gasteiger charge is 2.29. The van der Waals surface area contributed by atoms with Crippen molar-refractivity contribution in [2.45, 2.75) is 40.5 Å². The van der Waals surface area contributed by atoms with Crippen LogP contribution in [0.2, 0.25) is 0 Å². The molecule has 5 N–H and O–H groups in total. The number of aromatic nitrogens is 1. The highest BCUT2D eigenvalue weighted by atomic mass is 16.7. The minimum absolute atomic E-state index is 0.172. The number of esters is 1. The average molecular weight is 516 g/mol. The van der Waals surface area contributed by atoms with Gasteiger partial charge in [-0.05, 0) is 49.9 Å². The monoisotopic (exact) mass is 515 g/mol. The minimum atomic E-state index is -1.07. The van der Waals surface area contributed by atoms with E-state index in [1.165, 1.54) is 12.3 Å². The number of aliphatic hydroxyl groups is 1. The second-order valence-corrected chi connectivity index (χ2v) is 8.10. The SMILES string of the molecule is CCCNC(=O)c1ccc(C)c(N(C(=N)c2[nH]cc(C(=O)NCCC)c2C)C(=O)OCOC(=O)CO)c1. The third-order valence-corrected chi connectivity index (χ3v) is 5.34. The summed E-state index contributed by atoms with van der Waals surface area (Å²) in [6.45, 7) is 6.41. The van der Waals surface area contributed by atoms with E-state index in [9.17, 15) is 19.2 Å². The van der Waals surface area contributed by atoms with Crippen LogP contribution >= 0.6 is 0 Å². The topological polar surface area (TPSA) is 174 Å². The molecule has 0 aliphatic heterocycles. The summed E-state index contributed by atoms with van der Waals surface area (Å²) in [5, 5.41) is 23.2. The molecule has 0 fully saturated rings. The van der Waals surface area contributed by atoms with Crippen LogP contribution < -0.4 is 15.5 Å². The maximum Gasteiger partial charge on any atom is 0.423 e. The number of ether oxygens (including phenoxy) is 2. The fourth-order valence-corrected chi connectivity index (χ4v) is 3.32. The number of amidine groups is 1. The van der Waals surface area contributed by atoms with Crippen LogP contribution in [0.1, 0.15) is 64.2 Å². The van der Waals surface area contributed by atoms with Gasteiger partial charge in [-0.3, -0.25) is 15.0 Å². The molecule has 0 atom stereocenters. The second kappa shape index (κ2) is 13.8. The van der Waals surface area contributed by atoms with Gasteiger partial charge >= 0.3 is 12.1 Å². The average Bonchev–Trinajstić information content (AvgIpc) is 3.27. The number of aryl methyl sites for hydroxylation is 1. The molecule has 0 saturated carbocycles. The van der Waals surface area contributed by atoms with E-state index in [1.807, 2.05) is 13.8 Å². The lowest BCUT2D eigenvalue weighted by molar-refractivity contribution is -0.154. The predicted octanol–water partition coefficient (Wildman–Crippen LogP) is 2.37. The number of amides is 3. The van der Waals surface area contributed by atoms with E-state index >= 15 is 0 Å². The van der Waals surface area contributed by atoms with E-state index in [-0.39, 0.29) is 34.6 Å². The molecule has 0 aliphatic carbocycles. The van der Waals surface area contributed by atoms with E-state index in [4.69, 9.17) is 15.3 Å². The zero-order chi connectivity index (χ0) is 27.5. The lowest BCUT2D eigenvalue weighted by Gasteiger charge is -2.24. The summed E-state index contributed by atoms with van der Waals surface area (Å²) in [4.78, 5) is 53.2. The molecule has 2 aromatic rings. The van der Waals surface area contributed by atoms with Gasteiger partial charge in [0.05, 0.1) is 16.9 Å². The van der Waals surface area contributed by atoms with Crippen molar-refractivity contribution < 1.29 is 33.8 Å². The molecule has 0 saturated heterocycles. The van der Waals surface area contributed by atoms with Gasteiger partial charge in [-0.15, -0.1) is 0 Å². The molecule has 0 aliphatic rings. The normalized spacial score (nSPS) is 10.4. The first-order chi connectivity index (χ1) is 17.7. The van der Waals surface area contributed by atoms with Gasteiger partial charge < -0.3 is 30.2 Å². The third kappa shape index (κ3) is 7.40. The number of carbonyl (C=O) groups excluding carboxylic acids is 4. The van der Waals surface area contributed by atoms with Gasteiger partial charge in [0.25, 0.3) is 11.8 Å². The maximum absolute atomic E-state index is 13.1. The summed E-state index contributed by atoms with van der Waals surface area (Å²) in [6, 6.07) is 4.67. The number of anilines is 1. The van der Waals surface area contributed by atoms with Crippen LogP contribution in [0.15, 0.2) is 24.4 Å². The van der Waals surface area contributed by atoms with Gasteiger partial charge in [0, 0.05) is 24.8 Å². The van der Waals surface area contributed by atoms with Gasteiger partial charge in [0.15, 0.2) is 5.84 Å². The van der Waals surface area contributed by atoms with Crippen LogP contribution in [0.3, 0.4) is 0 Å². The van der Waals surface area contributed by atoms with Gasteiger partial charge in [-0.2, -0.15) is 0 Å². The molecule has 1 heterocycles. The van der Waals surface area contributed by atoms with Crippen LogP contribution in [0.25, 0.3) is 0 Å². The number of aliphatic hydroxyl groups excluding tert-OH is 1. The summed E-state index contributed by atoms with van der Waals surface area (Å²) in [5.74, 6) is -2.04. The van der Waals surface area contributed by atoms with Crippen molar-refractivity contribution in [3.8, 4) is 0 Å². The summed E-state index contributed by atoms with van der Waals surface area (Å²) in [5.41, 5.74) is 1.89. The fraction of sp³-hybridized carbons (Fsp3) is 0.400. The molecule has 1 aromatic heterocycles.